The standard InChI is InChI=1S/C30H24BrN3O4/c1-19-6-4-10-24(14-19)32-28(35)17-34-29(36)26(33-30(34)37)16-22-15-23(31)12-13-27(22)38-18-21-9-5-8-20-7-2-3-11-25(20)21/h2-16H,17-18H2,1H3,(H,32,35)(H,33,37)/b26-16+. The maximum atomic E-state index is 13.0. The van der Waals surface area contributed by atoms with Gasteiger partial charge in [-0.1, -0.05) is 70.5 Å². The van der Waals surface area contributed by atoms with Crippen LogP contribution in [0.25, 0.3) is 16.8 Å². The number of hydrogen-bond acceptors (Lipinski definition) is 4. The fourth-order valence-electron chi connectivity index (χ4n) is 4.28. The zero-order chi connectivity index (χ0) is 26.6. The van der Waals surface area contributed by atoms with Crippen molar-refractivity contribution in [3.63, 3.8) is 0 Å². The van der Waals surface area contributed by atoms with Crippen LogP contribution in [0.1, 0.15) is 16.7 Å². The van der Waals surface area contributed by atoms with Crippen LogP contribution < -0.4 is 15.4 Å². The summed E-state index contributed by atoms with van der Waals surface area (Å²) in [6.07, 6.45) is 1.56. The van der Waals surface area contributed by atoms with Crippen molar-refractivity contribution in [2.75, 3.05) is 11.9 Å². The zero-order valence-corrected chi connectivity index (χ0v) is 22.1. The number of fused-ring (bicyclic) bond motifs is 1. The minimum Gasteiger partial charge on any atom is -0.488 e. The quantitative estimate of drug-likeness (QED) is 0.210. The first-order valence-electron chi connectivity index (χ1n) is 12.0. The number of halogens is 1. The Labute approximate surface area is 228 Å². The van der Waals surface area contributed by atoms with Gasteiger partial charge in [0.25, 0.3) is 5.91 Å². The summed E-state index contributed by atoms with van der Waals surface area (Å²) in [7, 11) is 0. The Morgan fingerprint density at radius 1 is 1.00 bits per heavy atom. The lowest BCUT2D eigenvalue weighted by Crippen LogP contribution is -2.38. The molecule has 0 radical (unpaired) electrons. The maximum absolute atomic E-state index is 13.0. The average molecular weight is 570 g/mol. The van der Waals surface area contributed by atoms with Crippen molar-refractivity contribution in [2.45, 2.75) is 13.5 Å². The van der Waals surface area contributed by atoms with Crippen LogP contribution in [0.5, 0.6) is 5.75 Å². The molecular formula is C30H24BrN3O4. The summed E-state index contributed by atoms with van der Waals surface area (Å²) < 4.78 is 6.94. The molecule has 8 heteroatoms. The van der Waals surface area contributed by atoms with Crippen LogP contribution in [0.15, 0.2) is 95.1 Å². The van der Waals surface area contributed by atoms with Crippen LogP contribution in [0.3, 0.4) is 0 Å². The number of imide groups is 1. The highest BCUT2D eigenvalue weighted by Crippen LogP contribution is 2.28. The van der Waals surface area contributed by atoms with Gasteiger partial charge in [0.05, 0.1) is 0 Å². The molecule has 1 heterocycles. The minimum atomic E-state index is -0.658. The van der Waals surface area contributed by atoms with Crippen LogP contribution in [0.4, 0.5) is 10.5 Å². The fourth-order valence-corrected chi connectivity index (χ4v) is 4.65. The molecule has 0 aromatic heterocycles. The first-order valence-corrected chi connectivity index (χ1v) is 12.8. The van der Waals surface area contributed by atoms with Crippen LogP contribution >= 0.6 is 15.9 Å². The van der Waals surface area contributed by atoms with E-state index in [0.29, 0.717) is 23.6 Å². The van der Waals surface area contributed by atoms with Crippen LogP contribution in [-0.4, -0.2) is 29.3 Å². The second-order valence-corrected chi connectivity index (χ2v) is 9.82. The number of anilines is 1. The molecule has 0 spiro atoms. The fraction of sp³-hybridized carbons (Fsp3) is 0.100. The summed E-state index contributed by atoms with van der Waals surface area (Å²) in [6, 6.07) is 26.2. The number of rotatable bonds is 7. The van der Waals surface area contributed by atoms with Crippen molar-refractivity contribution < 1.29 is 19.1 Å². The first kappa shape index (κ1) is 25.2. The van der Waals surface area contributed by atoms with Crippen molar-refractivity contribution >= 4 is 56.3 Å². The van der Waals surface area contributed by atoms with Crippen LogP contribution in [0.2, 0.25) is 0 Å². The molecule has 0 bridgehead atoms. The SMILES string of the molecule is Cc1cccc(NC(=O)CN2C(=O)N/C(=C/c3cc(Br)ccc3OCc3cccc4ccccc34)C2=O)c1. The summed E-state index contributed by atoms with van der Waals surface area (Å²) in [5.41, 5.74) is 3.27. The van der Waals surface area contributed by atoms with E-state index in [-0.39, 0.29) is 5.70 Å². The third-order valence-corrected chi connectivity index (χ3v) is 6.59. The molecule has 2 N–H and O–H groups in total. The molecule has 0 aliphatic carbocycles. The Hall–Kier alpha value is -4.43. The smallest absolute Gasteiger partial charge is 0.329 e. The number of urea groups is 1. The van der Waals surface area contributed by atoms with E-state index in [9.17, 15) is 14.4 Å². The van der Waals surface area contributed by atoms with Gasteiger partial charge >= 0.3 is 6.03 Å². The largest absolute Gasteiger partial charge is 0.488 e. The predicted octanol–water partition coefficient (Wildman–Crippen LogP) is 6.02. The highest BCUT2D eigenvalue weighted by atomic mass is 79.9. The molecule has 4 aromatic carbocycles. The van der Waals surface area contributed by atoms with Gasteiger partial charge < -0.3 is 15.4 Å². The van der Waals surface area contributed by atoms with Crippen LogP contribution in [-0.2, 0) is 16.2 Å². The number of ether oxygens (including phenoxy) is 1. The molecule has 38 heavy (non-hydrogen) atoms. The molecule has 4 aromatic rings. The number of nitrogens with zero attached hydrogens (tertiary/aromatic N) is 1. The number of benzene rings is 4. The van der Waals surface area contributed by atoms with Gasteiger partial charge in [-0.3, -0.25) is 9.59 Å². The van der Waals surface area contributed by atoms with E-state index in [1.54, 1.807) is 24.3 Å². The van der Waals surface area contributed by atoms with E-state index in [1.807, 2.05) is 55.5 Å². The maximum Gasteiger partial charge on any atom is 0.329 e. The Balaban J connectivity index is 1.33. The number of hydrogen-bond donors (Lipinski definition) is 2. The van der Waals surface area contributed by atoms with E-state index in [2.05, 4.69) is 44.8 Å². The van der Waals surface area contributed by atoms with E-state index in [4.69, 9.17) is 4.74 Å². The van der Waals surface area contributed by atoms with Gasteiger partial charge in [0.2, 0.25) is 5.91 Å². The molecule has 5 rings (SSSR count). The number of nitrogens with one attached hydrogen (secondary N) is 2. The second kappa shape index (κ2) is 10.9. The Morgan fingerprint density at radius 3 is 2.63 bits per heavy atom. The Kier molecular flexibility index (Phi) is 7.24. The lowest BCUT2D eigenvalue weighted by molar-refractivity contribution is -0.127. The second-order valence-electron chi connectivity index (χ2n) is 8.91. The summed E-state index contributed by atoms with van der Waals surface area (Å²) in [6.45, 7) is 1.83. The Morgan fingerprint density at radius 2 is 1.79 bits per heavy atom. The van der Waals surface area contributed by atoms with Crippen molar-refractivity contribution in [3.8, 4) is 5.75 Å². The summed E-state index contributed by atoms with van der Waals surface area (Å²) >= 11 is 3.46. The number of amides is 4. The molecule has 1 aliphatic rings. The first-order chi connectivity index (χ1) is 18.4. The van der Waals surface area contributed by atoms with E-state index < -0.39 is 24.4 Å². The van der Waals surface area contributed by atoms with Crippen molar-refractivity contribution in [1.29, 1.82) is 0 Å². The number of carbonyl (C=O) groups excluding carboxylic acids is 3. The highest BCUT2D eigenvalue weighted by Gasteiger charge is 2.35. The van der Waals surface area contributed by atoms with Crippen molar-refractivity contribution in [1.82, 2.24) is 10.2 Å². The molecule has 1 saturated heterocycles. The molecule has 1 fully saturated rings. The zero-order valence-electron chi connectivity index (χ0n) is 20.5. The van der Waals surface area contributed by atoms with Gasteiger partial charge in [-0.15, -0.1) is 0 Å². The highest BCUT2D eigenvalue weighted by molar-refractivity contribution is 9.10. The van der Waals surface area contributed by atoms with Crippen LogP contribution in [0, 0.1) is 6.92 Å². The van der Waals surface area contributed by atoms with Gasteiger partial charge in [0, 0.05) is 15.7 Å². The summed E-state index contributed by atoms with van der Waals surface area (Å²) in [5, 5.41) is 7.52. The van der Waals surface area contributed by atoms with E-state index in [0.717, 1.165) is 31.3 Å². The normalized spacial score (nSPS) is 14.2. The number of carbonyl (C=O) groups is 3. The van der Waals surface area contributed by atoms with Gasteiger partial charge in [-0.05, 0) is 65.2 Å². The average Bonchev–Trinajstić information content (AvgIpc) is 3.15. The monoisotopic (exact) mass is 569 g/mol. The third kappa shape index (κ3) is 5.60. The van der Waals surface area contributed by atoms with Crippen molar-refractivity contribution in [3.05, 3.63) is 112 Å². The van der Waals surface area contributed by atoms with Crippen molar-refractivity contribution in [2.24, 2.45) is 0 Å². The van der Waals surface area contributed by atoms with Gasteiger partial charge in [0.1, 0.15) is 24.6 Å². The van der Waals surface area contributed by atoms with E-state index >= 15 is 0 Å². The van der Waals surface area contributed by atoms with E-state index in [1.165, 1.54) is 0 Å². The Bertz CT molecular complexity index is 1590. The molecular weight excluding hydrogens is 546 g/mol. The van der Waals surface area contributed by atoms with Gasteiger partial charge in [0.15, 0.2) is 0 Å². The molecule has 1 aliphatic heterocycles. The topological polar surface area (TPSA) is 87.7 Å². The lowest BCUT2D eigenvalue weighted by atomic mass is 10.1. The van der Waals surface area contributed by atoms with Gasteiger partial charge in [-0.25, -0.2) is 9.69 Å². The minimum absolute atomic E-state index is 0.0615. The lowest BCUT2D eigenvalue weighted by Gasteiger charge is -2.13. The third-order valence-electron chi connectivity index (χ3n) is 6.10. The predicted molar refractivity (Wildman–Crippen MR) is 150 cm³/mol. The number of aryl methyl sites for hydroxylation is 1. The molecule has 7 nitrogen and oxygen atoms in total. The summed E-state index contributed by atoms with van der Waals surface area (Å²) in [4.78, 5) is 39.0. The molecule has 190 valence electrons. The molecule has 0 atom stereocenters. The summed E-state index contributed by atoms with van der Waals surface area (Å²) in [5.74, 6) is -0.511. The molecule has 0 saturated carbocycles. The van der Waals surface area contributed by atoms with Gasteiger partial charge in [-0.2, -0.15) is 0 Å². The molecule has 0 unspecified atom stereocenters. The molecule has 4 amide bonds.